The van der Waals surface area contributed by atoms with Crippen LogP contribution in [0.25, 0.3) is 0 Å². The zero-order valence-corrected chi connectivity index (χ0v) is 16.7. The summed E-state index contributed by atoms with van der Waals surface area (Å²) in [7, 11) is 1.71. The second-order valence-electron chi connectivity index (χ2n) is 7.02. The molecule has 0 atom stereocenters. The number of primary amides is 1. The summed E-state index contributed by atoms with van der Waals surface area (Å²) < 4.78 is 0. The molecule has 3 N–H and O–H groups in total. The number of carbonyl (C=O) groups excluding carboxylic acids is 2. The first-order valence-electron chi connectivity index (χ1n) is 9.40. The van der Waals surface area contributed by atoms with Crippen molar-refractivity contribution in [3.63, 3.8) is 0 Å². The molecule has 3 amide bonds. The van der Waals surface area contributed by atoms with Crippen LogP contribution >= 0.6 is 11.6 Å². The molecule has 2 aromatic carbocycles. The van der Waals surface area contributed by atoms with Crippen LogP contribution < -0.4 is 16.0 Å². The van der Waals surface area contributed by atoms with Gasteiger partial charge < -0.3 is 20.9 Å². The average Bonchev–Trinajstić information content (AvgIpc) is 2.70. The van der Waals surface area contributed by atoms with Crippen molar-refractivity contribution in [2.45, 2.75) is 25.8 Å². The Morgan fingerprint density at radius 3 is 2.54 bits per heavy atom. The summed E-state index contributed by atoms with van der Waals surface area (Å²) in [5, 5.41) is 3.55. The quantitative estimate of drug-likeness (QED) is 0.793. The van der Waals surface area contributed by atoms with E-state index in [2.05, 4.69) is 10.2 Å². The summed E-state index contributed by atoms with van der Waals surface area (Å²) >= 11 is 6.20. The molecule has 148 valence electrons. The number of urea groups is 1. The molecular formula is C21H25ClN4O2. The van der Waals surface area contributed by atoms with Crippen LogP contribution in [0.1, 0.15) is 35.2 Å². The van der Waals surface area contributed by atoms with Gasteiger partial charge in [0.2, 0.25) is 5.91 Å². The van der Waals surface area contributed by atoms with Crippen molar-refractivity contribution < 1.29 is 9.59 Å². The van der Waals surface area contributed by atoms with Crippen LogP contribution in [0.4, 0.5) is 16.2 Å². The number of hydrogen-bond acceptors (Lipinski definition) is 3. The lowest BCUT2D eigenvalue weighted by Gasteiger charge is -2.31. The van der Waals surface area contributed by atoms with Gasteiger partial charge in [-0.1, -0.05) is 29.8 Å². The van der Waals surface area contributed by atoms with Crippen molar-refractivity contribution >= 4 is 34.9 Å². The Kier molecular flexibility index (Phi) is 6.41. The average molecular weight is 401 g/mol. The van der Waals surface area contributed by atoms with Gasteiger partial charge in [-0.15, -0.1) is 0 Å². The van der Waals surface area contributed by atoms with E-state index >= 15 is 0 Å². The molecule has 1 aliphatic rings. The van der Waals surface area contributed by atoms with Crippen molar-refractivity contribution in [1.29, 1.82) is 0 Å². The third kappa shape index (κ3) is 4.75. The maximum Gasteiger partial charge on any atom is 0.321 e. The second-order valence-corrected chi connectivity index (χ2v) is 7.43. The predicted octanol–water partition coefficient (Wildman–Crippen LogP) is 4.09. The molecule has 1 heterocycles. The Morgan fingerprint density at radius 2 is 1.86 bits per heavy atom. The van der Waals surface area contributed by atoms with Crippen molar-refractivity contribution in [3.8, 4) is 0 Å². The van der Waals surface area contributed by atoms with Crippen molar-refractivity contribution in [2.75, 3.05) is 30.4 Å². The number of nitrogens with one attached hydrogen (secondary N) is 1. The molecule has 0 bridgehead atoms. The fraction of sp³-hybridized carbons (Fsp3) is 0.333. The van der Waals surface area contributed by atoms with Crippen LogP contribution in [0, 0.1) is 0 Å². The van der Waals surface area contributed by atoms with Crippen LogP contribution in [0.2, 0.25) is 5.02 Å². The molecule has 0 saturated carbocycles. The molecule has 6 nitrogen and oxygen atoms in total. The minimum atomic E-state index is -0.523. The summed E-state index contributed by atoms with van der Waals surface area (Å²) in [5.74, 6) is -0.523. The smallest absolute Gasteiger partial charge is 0.321 e. The van der Waals surface area contributed by atoms with Crippen LogP contribution in [0.15, 0.2) is 42.5 Å². The summed E-state index contributed by atoms with van der Waals surface area (Å²) in [5.41, 5.74) is 8.16. The van der Waals surface area contributed by atoms with Crippen molar-refractivity contribution in [3.05, 3.63) is 58.6 Å². The molecule has 0 aliphatic carbocycles. The molecule has 0 unspecified atom stereocenters. The first kappa shape index (κ1) is 20.0. The number of rotatable bonds is 5. The lowest BCUT2D eigenvalue weighted by Crippen LogP contribution is -2.33. The molecule has 0 radical (unpaired) electrons. The van der Waals surface area contributed by atoms with Crippen LogP contribution in [0.3, 0.4) is 0 Å². The van der Waals surface area contributed by atoms with Crippen molar-refractivity contribution in [1.82, 2.24) is 4.90 Å². The van der Waals surface area contributed by atoms with Gasteiger partial charge in [0, 0.05) is 37.3 Å². The van der Waals surface area contributed by atoms with Crippen LogP contribution in [-0.2, 0) is 6.54 Å². The van der Waals surface area contributed by atoms with E-state index in [1.54, 1.807) is 30.1 Å². The number of nitrogens with two attached hydrogens (primary N) is 1. The van der Waals surface area contributed by atoms with E-state index in [1.807, 2.05) is 24.3 Å². The van der Waals surface area contributed by atoms with Gasteiger partial charge in [-0.3, -0.25) is 4.79 Å². The van der Waals surface area contributed by atoms with E-state index in [0.717, 1.165) is 37.2 Å². The molecule has 2 aromatic rings. The largest absolute Gasteiger partial charge is 0.370 e. The molecule has 0 spiro atoms. The molecule has 1 aliphatic heterocycles. The van der Waals surface area contributed by atoms with Crippen LogP contribution in [-0.4, -0.2) is 37.0 Å². The van der Waals surface area contributed by atoms with Crippen LogP contribution in [0.5, 0.6) is 0 Å². The Balaban J connectivity index is 1.80. The van der Waals surface area contributed by atoms with Gasteiger partial charge in [-0.2, -0.15) is 0 Å². The van der Waals surface area contributed by atoms with E-state index in [0.29, 0.717) is 22.8 Å². The maximum atomic E-state index is 12.8. The van der Waals surface area contributed by atoms with Gasteiger partial charge in [-0.25, -0.2) is 4.79 Å². The first-order valence-corrected chi connectivity index (χ1v) is 9.78. The minimum absolute atomic E-state index is 0.278. The standard InChI is InChI=1S/C21H25ClN4O2/c1-25(14-16-7-3-4-8-17(16)22)21(28)24-18-13-15(20(23)27)9-10-19(18)26-11-5-2-6-12-26/h3-4,7-10,13H,2,5-6,11-12,14H2,1H3,(H2,23,27)(H,24,28). The zero-order valence-electron chi connectivity index (χ0n) is 16.0. The number of nitrogens with zero attached hydrogens (tertiary/aromatic N) is 2. The SMILES string of the molecule is CN(Cc1ccccc1Cl)C(=O)Nc1cc(C(N)=O)ccc1N1CCCCC1. The van der Waals surface area contributed by atoms with E-state index in [4.69, 9.17) is 17.3 Å². The first-order chi connectivity index (χ1) is 13.5. The lowest BCUT2D eigenvalue weighted by atomic mass is 10.1. The highest BCUT2D eigenvalue weighted by Gasteiger charge is 2.19. The summed E-state index contributed by atoms with van der Waals surface area (Å²) in [6.45, 7) is 2.22. The molecule has 1 saturated heterocycles. The molecule has 1 fully saturated rings. The number of hydrogen-bond donors (Lipinski definition) is 2. The number of piperidine rings is 1. The number of carbonyl (C=O) groups is 2. The Labute approximate surface area is 170 Å². The maximum absolute atomic E-state index is 12.8. The fourth-order valence-corrected chi connectivity index (χ4v) is 3.56. The number of amides is 3. The molecule has 28 heavy (non-hydrogen) atoms. The minimum Gasteiger partial charge on any atom is -0.370 e. The van der Waals surface area contributed by atoms with Gasteiger partial charge in [0.05, 0.1) is 11.4 Å². The van der Waals surface area contributed by atoms with Gasteiger partial charge >= 0.3 is 6.03 Å². The summed E-state index contributed by atoms with van der Waals surface area (Å²) in [4.78, 5) is 28.2. The molecule has 7 heteroatoms. The Bertz CT molecular complexity index is 865. The highest BCUT2D eigenvalue weighted by atomic mass is 35.5. The Morgan fingerprint density at radius 1 is 1.14 bits per heavy atom. The van der Waals surface area contributed by atoms with Gasteiger partial charge in [0.1, 0.15) is 0 Å². The lowest BCUT2D eigenvalue weighted by molar-refractivity contribution is 0.100. The highest BCUT2D eigenvalue weighted by Crippen LogP contribution is 2.30. The Hall–Kier alpha value is -2.73. The van der Waals surface area contributed by atoms with Gasteiger partial charge in [-0.05, 0) is 49.1 Å². The predicted molar refractivity (Wildman–Crippen MR) is 113 cm³/mol. The number of benzene rings is 2. The zero-order chi connectivity index (χ0) is 20.1. The number of anilines is 2. The topological polar surface area (TPSA) is 78.7 Å². The number of halogens is 1. The third-order valence-corrected chi connectivity index (χ3v) is 5.30. The van der Waals surface area contributed by atoms with Gasteiger partial charge in [0.25, 0.3) is 0 Å². The highest BCUT2D eigenvalue weighted by molar-refractivity contribution is 6.31. The monoisotopic (exact) mass is 400 g/mol. The van der Waals surface area contributed by atoms with Gasteiger partial charge in [0.15, 0.2) is 0 Å². The van der Waals surface area contributed by atoms with E-state index in [1.165, 1.54) is 6.42 Å². The molecule has 3 rings (SSSR count). The normalized spacial score (nSPS) is 13.9. The van der Waals surface area contributed by atoms with E-state index < -0.39 is 5.91 Å². The molecular weight excluding hydrogens is 376 g/mol. The summed E-state index contributed by atoms with van der Waals surface area (Å²) in [6, 6.07) is 12.4. The van der Waals surface area contributed by atoms with E-state index in [9.17, 15) is 9.59 Å². The fourth-order valence-electron chi connectivity index (χ4n) is 3.36. The second kappa shape index (κ2) is 8.97. The van der Waals surface area contributed by atoms with E-state index in [-0.39, 0.29) is 6.03 Å². The summed E-state index contributed by atoms with van der Waals surface area (Å²) in [6.07, 6.45) is 3.42. The third-order valence-electron chi connectivity index (χ3n) is 4.93. The molecule has 0 aromatic heterocycles. The van der Waals surface area contributed by atoms with Crippen molar-refractivity contribution in [2.24, 2.45) is 5.73 Å².